The number of aryl methyl sites for hydroxylation is 1. The van der Waals surface area contributed by atoms with Crippen LogP contribution in [0.5, 0.6) is 5.75 Å². The topological polar surface area (TPSA) is 67.4 Å². The number of carbonyl (C=O) groups is 2. The molecule has 116 valence electrons. The highest BCUT2D eigenvalue weighted by atomic mass is 32.1. The monoisotopic (exact) mass is 310 g/mol. The number of nitrogens with one attached hydrogen (secondary N) is 2. The summed E-state index contributed by atoms with van der Waals surface area (Å²) in [5.41, 5.74) is 1.17. The van der Waals surface area contributed by atoms with Gasteiger partial charge in [0.15, 0.2) is 0 Å². The highest BCUT2D eigenvalue weighted by molar-refractivity contribution is 7.14. The second-order valence-electron chi connectivity index (χ2n) is 5.48. The van der Waals surface area contributed by atoms with Crippen molar-refractivity contribution in [3.8, 4) is 5.75 Å². The summed E-state index contributed by atoms with van der Waals surface area (Å²) in [4.78, 5) is 25.7. The largest absolute Gasteiger partial charge is 0.495 e. The molecule has 0 bridgehead atoms. The van der Waals surface area contributed by atoms with Crippen LogP contribution >= 0.6 is 11.3 Å². The Kier molecular flexibility index (Phi) is 5.22. The summed E-state index contributed by atoms with van der Waals surface area (Å²) >= 11 is 1.49. The lowest BCUT2D eigenvalue weighted by molar-refractivity contribution is -0.120. The van der Waals surface area contributed by atoms with Gasteiger partial charge in [-0.2, -0.15) is 0 Å². The van der Waals surface area contributed by atoms with Crippen LogP contribution in [-0.4, -0.2) is 31.5 Å². The third kappa shape index (κ3) is 3.75. The highest BCUT2D eigenvalue weighted by Crippen LogP contribution is 2.39. The average Bonchev–Trinajstić information content (AvgIpc) is 2.82. The molecule has 2 rings (SSSR count). The zero-order valence-electron chi connectivity index (χ0n) is 12.7. The van der Waals surface area contributed by atoms with E-state index in [-0.39, 0.29) is 24.4 Å². The Morgan fingerprint density at radius 3 is 2.67 bits per heavy atom. The molecule has 0 unspecified atom stereocenters. The fraction of sp³-hybridized carbons (Fsp3) is 0.600. The van der Waals surface area contributed by atoms with E-state index >= 15 is 0 Å². The van der Waals surface area contributed by atoms with Gasteiger partial charge in [0.2, 0.25) is 5.91 Å². The molecule has 21 heavy (non-hydrogen) atoms. The molecule has 0 atom stereocenters. The van der Waals surface area contributed by atoms with Crippen LogP contribution in [0.4, 0.5) is 0 Å². The zero-order valence-corrected chi connectivity index (χ0v) is 13.6. The molecular formula is C15H22N2O3S. The van der Waals surface area contributed by atoms with Gasteiger partial charge in [-0.1, -0.05) is 0 Å². The number of rotatable bonds is 5. The van der Waals surface area contributed by atoms with E-state index in [4.69, 9.17) is 4.74 Å². The fourth-order valence-electron chi connectivity index (χ4n) is 2.52. The number of carbonyl (C=O) groups excluding carboxylic acids is 2. The van der Waals surface area contributed by atoms with Crippen molar-refractivity contribution in [3.05, 3.63) is 15.3 Å². The number of methoxy groups -OCH3 is 1. The maximum Gasteiger partial charge on any atom is 0.265 e. The molecule has 0 saturated carbocycles. The number of hydrogen-bond donors (Lipinski definition) is 2. The first kappa shape index (κ1) is 15.8. The number of amides is 2. The fourth-order valence-corrected chi connectivity index (χ4v) is 3.79. The molecule has 0 saturated heterocycles. The molecule has 1 heterocycles. The normalized spacial score (nSPS) is 13.7. The van der Waals surface area contributed by atoms with Crippen molar-refractivity contribution in [2.45, 2.75) is 45.6 Å². The lowest BCUT2D eigenvalue weighted by atomic mass is 9.98. The van der Waals surface area contributed by atoms with E-state index in [0.717, 1.165) is 25.7 Å². The summed E-state index contributed by atoms with van der Waals surface area (Å²) in [6, 6.07) is 0.0676. The molecule has 6 heteroatoms. The third-order valence-electron chi connectivity index (χ3n) is 3.39. The predicted octanol–water partition coefficient (Wildman–Crippen LogP) is 1.89. The van der Waals surface area contributed by atoms with Gasteiger partial charge < -0.3 is 15.4 Å². The van der Waals surface area contributed by atoms with Gasteiger partial charge >= 0.3 is 0 Å². The third-order valence-corrected chi connectivity index (χ3v) is 4.66. The number of ether oxygens (including phenoxy) is 1. The van der Waals surface area contributed by atoms with E-state index in [2.05, 4.69) is 10.6 Å². The van der Waals surface area contributed by atoms with Gasteiger partial charge in [0.05, 0.1) is 13.7 Å². The molecule has 1 aromatic rings. The molecule has 2 N–H and O–H groups in total. The summed E-state index contributed by atoms with van der Waals surface area (Å²) < 4.78 is 5.43. The summed E-state index contributed by atoms with van der Waals surface area (Å²) in [6.45, 7) is 3.76. The predicted molar refractivity (Wildman–Crippen MR) is 83.1 cm³/mol. The van der Waals surface area contributed by atoms with Crippen LogP contribution in [-0.2, 0) is 17.6 Å². The Bertz CT molecular complexity index is 537. The quantitative estimate of drug-likeness (QED) is 0.873. The van der Waals surface area contributed by atoms with Crippen LogP contribution in [0.2, 0.25) is 0 Å². The van der Waals surface area contributed by atoms with Gasteiger partial charge in [-0.25, -0.2) is 0 Å². The van der Waals surface area contributed by atoms with Gasteiger partial charge in [-0.15, -0.1) is 11.3 Å². The number of thiophene rings is 1. The molecule has 1 aliphatic rings. The molecule has 2 amide bonds. The van der Waals surface area contributed by atoms with Gasteiger partial charge in [-0.05, 0) is 39.5 Å². The molecule has 1 aliphatic carbocycles. The molecular weight excluding hydrogens is 288 g/mol. The Labute approximate surface area is 129 Å². The Morgan fingerprint density at radius 2 is 2.00 bits per heavy atom. The molecule has 0 spiro atoms. The first-order valence-electron chi connectivity index (χ1n) is 7.29. The lowest BCUT2D eigenvalue weighted by Crippen LogP contribution is -2.39. The van der Waals surface area contributed by atoms with Crippen LogP contribution in [0.25, 0.3) is 0 Å². The van der Waals surface area contributed by atoms with Gasteiger partial charge in [0.25, 0.3) is 5.91 Å². The first-order chi connectivity index (χ1) is 10.0. The Balaban J connectivity index is 2.05. The second-order valence-corrected chi connectivity index (χ2v) is 6.58. The van der Waals surface area contributed by atoms with E-state index in [9.17, 15) is 9.59 Å². The van der Waals surface area contributed by atoms with Gasteiger partial charge in [-0.3, -0.25) is 9.59 Å². The minimum absolute atomic E-state index is 0.0112. The van der Waals surface area contributed by atoms with Crippen LogP contribution in [0.15, 0.2) is 0 Å². The van der Waals surface area contributed by atoms with Crippen LogP contribution in [0.3, 0.4) is 0 Å². The van der Waals surface area contributed by atoms with Crippen molar-refractivity contribution in [1.82, 2.24) is 10.6 Å². The minimum atomic E-state index is -0.231. The maximum atomic E-state index is 12.3. The van der Waals surface area contributed by atoms with E-state index < -0.39 is 0 Å². The van der Waals surface area contributed by atoms with E-state index in [0.29, 0.717) is 10.6 Å². The van der Waals surface area contributed by atoms with Crippen LogP contribution in [0.1, 0.15) is 46.8 Å². The molecule has 5 nitrogen and oxygen atoms in total. The van der Waals surface area contributed by atoms with Crippen molar-refractivity contribution < 1.29 is 14.3 Å². The van der Waals surface area contributed by atoms with Gasteiger partial charge in [0.1, 0.15) is 10.6 Å². The molecule has 0 aromatic carbocycles. The second kappa shape index (κ2) is 6.93. The smallest absolute Gasteiger partial charge is 0.265 e. The van der Waals surface area contributed by atoms with Crippen LogP contribution < -0.4 is 15.4 Å². The zero-order chi connectivity index (χ0) is 15.4. The summed E-state index contributed by atoms with van der Waals surface area (Å²) in [7, 11) is 1.60. The van der Waals surface area contributed by atoms with Crippen molar-refractivity contribution in [3.63, 3.8) is 0 Å². The number of hydrogen-bond acceptors (Lipinski definition) is 4. The Hall–Kier alpha value is -1.56. The highest BCUT2D eigenvalue weighted by Gasteiger charge is 2.25. The summed E-state index contributed by atoms with van der Waals surface area (Å²) in [6.07, 6.45) is 4.28. The van der Waals surface area contributed by atoms with Crippen LogP contribution in [0, 0.1) is 0 Å². The molecule has 0 radical (unpaired) electrons. The standard InChI is InChI=1S/C15H22N2O3S/c1-9(2)17-12(18)8-16-15(19)14-13(20-3)10-6-4-5-7-11(10)21-14/h9H,4-8H2,1-3H3,(H,16,19)(H,17,18). The SMILES string of the molecule is COc1c(C(=O)NCC(=O)NC(C)C)sc2c1CCCC2. The van der Waals surface area contributed by atoms with Crippen molar-refractivity contribution >= 4 is 23.2 Å². The van der Waals surface area contributed by atoms with Crippen molar-refractivity contribution in [2.24, 2.45) is 0 Å². The molecule has 1 aromatic heterocycles. The van der Waals surface area contributed by atoms with E-state index in [1.807, 2.05) is 13.8 Å². The summed E-state index contributed by atoms with van der Waals surface area (Å²) in [5.74, 6) is 0.278. The number of fused-ring (bicyclic) bond motifs is 1. The Morgan fingerprint density at radius 1 is 1.29 bits per heavy atom. The first-order valence-corrected chi connectivity index (χ1v) is 8.10. The summed E-state index contributed by atoms with van der Waals surface area (Å²) in [5, 5.41) is 5.41. The van der Waals surface area contributed by atoms with Crippen molar-refractivity contribution in [1.29, 1.82) is 0 Å². The average molecular weight is 310 g/mol. The van der Waals surface area contributed by atoms with E-state index in [1.54, 1.807) is 7.11 Å². The van der Waals surface area contributed by atoms with E-state index in [1.165, 1.54) is 21.8 Å². The maximum absolute atomic E-state index is 12.3. The van der Waals surface area contributed by atoms with Gasteiger partial charge in [0, 0.05) is 16.5 Å². The van der Waals surface area contributed by atoms with Crippen molar-refractivity contribution in [2.75, 3.05) is 13.7 Å². The molecule has 0 fully saturated rings. The minimum Gasteiger partial charge on any atom is -0.495 e. The lowest BCUT2D eigenvalue weighted by Gasteiger charge is -2.12. The molecule has 0 aliphatic heterocycles.